The van der Waals surface area contributed by atoms with Crippen LogP contribution in [0.4, 0.5) is 0 Å². The second kappa shape index (κ2) is 7.41. The molecule has 7 nitrogen and oxygen atoms in total. The predicted molar refractivity (Wildman–Crippen MR) is 95.0 cm³/mol. The first-order valence-electron chi connectivity index (χ1n) is 9.50. The first-order chi connectivity index (χ1) is 11.9. The molecule has 7 heteroatoms. The van der Waals surface area contributed by atoms with E-state index >= 15 is 0 Å². The van der Waals surface area contributed by atoms with Gasteiger partial charge in [-0.3, -0.25) is 9.69 Å². The summed E-state index contributed by atoms with van der Waals surface area (Å²) in [5.41, 5.74) is 0. The van der Waals surface area contributed by atoms with Crippen molar-refractivity contribution in [2.24, 2.45) is 5.92 Å². The quantitative estimate of drug-likeness (QED) is 0.885. The third-order valence-electron chi connectivity index (χ3n) is 5.27. The summed E-state index contributed by atoms with van der Waals surface area (Å²) in [7, 11) is 0. The van der Waals surface area contributed by atoms with E-state index in [9.17, 15) is 9.90 Å². The highest BCUT2D eigenvalue weighted by molar-refractivity contribution is 5.76. The van der Waals surface area contributed by atoms with Crippen LogP contribution in [0.2, 0.25) is 0 Å². The molecule has 2 aliphatic rings. The number of aliphatic hydroxyl groups excluding tert-OH is 1. The number of aromatic nitrogens is 3. The molecule has 1 amide bonds. The second-order valence-corrected chi connectivity index (χ2v) is 8.05. The Morgan fingerprint density at radius 3 is 2.64 bits per heavy atom. The van der Waals surface area contributed by atoms with Crippen molar-refractivity contribution in [3.05, 3.63) is 11.6 Å². The highest BCUT2D eigenvalue weighted by Crippen LogP contribution is 2.33. The molecule has 1 aromatic heterocycles. The van der Waals surface area contributed by atoms with E-state index in [1.54, 1.807) is 0 Å². The molecule has 25 heavy (non-hydrogen) atoms. The van der Waals surface area contributed by atoms with Gasteiger partial charge in [0.25, 0.3) is 0 Å². The fraction of sp³-hybridized carbons (Fsp3) is 0.833. The Labute approximate surface area is 150 Å². The minimum atomic E-state index is -0.310. The van der Waals surface area contributed by atoms with Gasteiger partial charge in [0.15, 0.2) is 5.82 Å². The summed E-state index contributed by atoms with van der Waals surface area (Å²) >= 11 is 0. The van der Waals surface area contributed by atoms with E-state index in [1.165, 1.54) is 0 Å². The Bertz CT molecular complexity index is 613. The molecule has 1 N–H and O–H groups in total. The Balaban J connectivity index is 1.76. The van der Waals surface area contributed by atoms with Crippen molar-refractivity contribution in [1.82, 2.24) is 24.6 Å². The number of fused-ring (bicyclic) bond motifs is 1. The minimum absolute atomic E-state index is 0.106. The van der Waals surface area contributed by atoms with E-state index in [-0.39, 0.29) is 18.1 Å². The van der Waals surface area contributed by atoms with Gasteiger partial charge in [0.05, 0.1) is 12.1 Å². The zero-order chi connectivity index (χ0) is 18.1. The second-order valence-electron chi connectivity index (χ2n) is 8.05. The van der Waals surface area contributed by atoms with Crippen LogP contribution >= 0.6 is 0 Å². The molecule has 0 aromatic carbocycles. The summed E-state index contributed by atoms with van der Waals surface area (Å²) in [5.74, 6) is 2.51. The molecule has 0 spiro atoms. The van der Waals surface area contributed by atoms with Gasteiger partial charge in [-0.2, -0.15) is 0 Å². The topological polar surface area (TPSA) is 74.5 Å². The number of rotatable bonds is 4. The summed E-state index contributed by atoms with van der Waals surface area (Å²) in [6.45, 7) is 11.3. The van der Waals surface area contributed by atoms with E-state index in [0.717, 1.165) is 24.6 Å². The summed E-state index contributed by atoms with van der Waals surface area (Å²) in [6, 6.07) is 0.458. The molecule has 3 rings (SSSR count). The standard InChI is InChI=1S/C18H31N5O2/c1-12(2)9-17(25)21-6-5-16-19-20-18(22(16)8-7-21)15-10-14(24)11-23(15)13(3)4/h12-15,24H,5-11H2,1-4H3/t14-,15+/m1/s1. The van der Waals surface area contributed by atoms with Crippen molar-refractivity contribution >= 4 is 5.91 Å². The van der Waals surface area contributed by atoms with Crippen LogP contribution in [0.3, 0.4) is 0 Å². The van der Waals surface area contributed by atoms with Crippen LogP contribution in [-0.2, 0) is 17.8 Å². The average molecular weight is 349 g/mol. The van der Waals surface area contributed by atoms with Crippen LogP contribution in [-0.4, -0.2) is 67.4 Å². The molecule has 2 aliphatic heterocycles. The van der Waals surface area contributed by atoms with E-state index < -0.39 is 0 Å². The fourth-order valence-electron chi connectivity index (χ4n) is 3.98. The molecule has 1 fully saturated rings. The molecule has 0 saturated carbocycles. The third kappa shape index (κ3) is 3.87. The van der Waals surface area contributed by atoms with E-state index in [1.807, 2.05) is 4.90 Å². The Morgan fingerprint density at radius 2 is 1.96 bits per heavy atom. The smallest absolute Gasteiger partial charge is 0.222 e. The maximum Gasteiger partial charge on any atom is 0.222 e. The molecule has 0 radical (unpaired) electrons. The molecule has 0 aliphatic carbocycles. The Morgan fingerprint density at radius 1 is 1.20 bits per heavy atom. The lowest BCUT2D eigenvalue weighted by molar-refractivity contribution is -0.131. The van der Waals surface area contributed by atoms with E-state index in [2.05, 4.69) is 47.4 Å². The lowest BCUT2D eigenvalue weighted by atomic mass is 10.1. The third-order valence-corrected chi connectivity index (χ3v) is 5.27. The van der Waals surface area contributed by atoms with Gasteiger partial charge in [0.2, 0.25) is 5.91 Å². The van der Waals surface area contributed by atoms with Gasteiger partial charge in [-0.1, -0.05) is 13.8 Å². The lowest BCUT2D eigenvalue weighted by Gasteiger charge is -2.27. The molecular formula is C18H31N5O2. The van der Waals surface area contributed by atoms with Crippen LogP contribution < -0.4 is 0 Å². The van der Waals surface area contributed by atoms with Gasteiger partial charge in [-0.25, -0.2) is 0 Å². The van der Waals surface area contributed by atoms with Crippen LogP contribution in [0.5, 0.6) is 0 Å². The van der Waals surface area contributed by atoms with Gasteiger partial charge in [0.1, 0.15) is 5.82 Å². The Kier molecular flexibility index (Phi) is 5.43. The van der Waals surface area contributed by atoms with Gasteiger partial charge in [0, 0.05) is 45.1 Å². The zero-order valence-electron chi connectivity index (χ0n) is 15.9. The predicted octanol–water partition coefficient (Wildman–Crippen LogP) is 1.22. The molecule has 0 bridgehead atoms. The fourth-order valence-corrected chi connectivity index (χ4v) is 3.98. The summed E-state index contributed by atoms with van der Waals surface area (Å²) in [5, 5.41) is 19.0. The molecule has 140 valence electrons. The number of carbonyl (C=O) groups excluding carboxylic acids is 1. The van der Waals surface area contributed by atoms with E-state index in [4.69, 9.17) is 0 Å². The van der Waals surface area contributed by atoms with Crippen molar-refractivity contribution in [2.75, 3.05) is 19.6 Å². The first kappa shape index (κ1) is 18.3. The van der Waals surface area contributed by atoms with Gasteiger partial charge < -0.3 is 14.6 Å². The number of hydrogen-bond acceptors (Lipinski definition) is 5. The Hall–Kier alpha value is -1.47. The van der Waals surface area contributed by atoms with Crippen LogP contribution in [0.25, 0.3) is 0 Å². The normalized spacial score (nSPS) is 24.8. The minimum Gasteiger partial charge on any atom is -0.392 e. The summed E-state index contributed by atoms with van der Waals surface area (Å²) in [4.78, 5) is 16.7. The molecule has 2 atom stereocenters. The highest BCUT2D eigenvalue weighted by atomic mass is 16.3. The first-order valence-corrected chi connectivity index (χ1v) is 9.50. The molecule has 0 unspecified atom stereocenters. The van der Waals surface area contributed by atoms with Crippen molar-refractivity contribution in [3.63, 3.8) is 0 Å². The van der Waals surface area contributed by atoms with Crippen molar-refractivity contribution < 1.29 is 9.90 Å². The van der Waals surface area contributed by atoms with E-state index in [0.29, 0.717) is 44.4 Å². The van der Waals surface area contributed by atoms with Crippen molar-refractivity contribution in [2.45, 2.75) is 71.7 Å². The number of carbonyl (C=O) groups is 1. The van der Waals surface area contributed by atoms with Crippen molar-refractivity contribution in [1.29, 1.82) is 0 Å². The SMILES string of the molecule is CC(C)CC(=O)N1CCc2nnc([C@@H]3C[C@@H](O)CN3C(C)C)n2CC1. The van der Waals surface area contributed by atoms with Gasteiger partial charge >= 0.3 is 0 Å². The lowest BCUT2D eigenvalue weighted by Crippen LogP contribution is -2.35. The van der Waals surface area contributed by atoms with Crippen LogP contribution in [0.1, 0.15) is 58.2 Å². The monoisotopic (exact) mass is 349 g/mol. The number of hydrogen-bond donors (Lipinski definition) is 1. The largest absolute Gasteiger partial charge is 0.392 e. The summed E-state index contributed by atoms with van der Waals surface area (Å²) < 4.78 is 2.18. The van der Waals surface area contributed by atoms with Crippen LogP contribution in [0, 0.1) is 5.92 Å². The number of aliphatic hydroxyl groups is 1. The number of amides is 1. The maximum absolute atomic E-state index is 12.4. The number of nitrogens with zero attached hydrogens (tertiary/aromatic N) is 5. The van der Waals surface area contributed by atoms with Crippen molar-refractivity contribution in [3.8, 4) is 0 Å². The number of likely N-dealkylation sites (tertiary alicyclic amines) is 1. The molecule has 1 aromatic rings. The van der Waals surface area contributed by atoms with Crippen LogP contribution in [0.15, 0.2) is 0 Å². The molecule has 1 saturated heterocycles. The average Bonchev–Trinajstić information content (AvgIpc) is 3.03. The molecular weight excluding hydrogens is 318 g/mol. The molecule has 3 heterocycles. The highest BCUT2D eigenvalue weighted by Gasteiger charge is 2.37. The summed E-state index contributed by atoms with van der Waals surface area (Å²) in [6.07, 6.45) is 1.74. The van der Waals surface area contributed by atoms with Gasteiger partial charge in [-0.05, 0) is 26.2 Å². The maximum atomic E-state index is 12.4. The van der Waals surface area contributed by atoms with Gasteiger partial charge in [-0.15, -0.1) is 10.2 Å². The number of β-amino-alcohol motifs (C(OH)–C–C–N with tert-alkyl or cyclic N) is 1. The zero-order valence-corrected chi connectivity index (χ0v) is 15.9.